The normalized spacial score (nSPS) is 36.2. The molecule has 0 heterocycles. The van der Waals surface area contributed by atoms with Gasteiger partial charge in [-0.05, 0) is 11.8 Å². The van der Waals surface area contributed by atoms with E-state index in [1.807, 2.05) is 0 Å². The highest BCUT2D eigenvalue weighted by molar-refractivity contribution is 6.46. The Morgan fingerprint density at radius 2 is 1.42 bits per heavy atom. The van der Waals surface area contributed by atoms with E-state index in [-0.39, 0.29) is 0 Å². The first-order valence-electron chi connectivity index (χ1n) is 4.76. The van der Waals surface area contributed by atoms with Gasteiger partial charge in [0.2, 0.25) is 0 Å². The van der Waals surface area contributed by atoms with Crippen molar-refractivity contribution >= 4 is 9.28 Å². The summed E-state index contributed by atoms with van der Waals surface area (Å²) in [4.78, 5) is 0. The summed E-state index contributed by atoms with van der Waals surface area (Å²) in [5.41, 5.74) is 0.722. The Bertz CT molecular complexity index is 126. The largest absolute Gasteiger partial charge is 0.400 e. The van der Waals surface area contributed by atoms with E-state index in [0.717, 1.165) is 17.4 Å². The Morgan fingerprint density at radius 1 is 1.00 bits per heavy atom. The predicted octanol–water partition coefficient (Wildman–Crippen LogP) is 1.94. The molecule has 0 spiro atoms. The summed E-state index contributed by atoms with van der Waals surface area (Å²) in [6.07, 6.45) is 2.70. The molecule has 0 aromatic heterocycles. The van der Waals surface area contributed by atoms with Crippen molar-refractivity contribution in [3.8, 4) is 0 Å². The van der Waals surface area contributed by atoms with Gasteiger partial charge < -0.3 is 8.85 Å². The molecule has 2 unspecified atom stereocenters. The van der Waals surface area contributed by atoms with E-state index in [1.165, 1.54) is 12.8 Å². The lowest BCUT2D eigenvalue weighted by Gasteiger charge is -2.25. The molecule has 0 N–H and O–H groups in total. The topological polar surface area (TPSA) is 18.5 Å². The zero-order valence-corrected chi connectivity index (χ0v) is 9.69. The van der Waals surface area contributed by atoms with Crippen LogP contribution in [0.25, 0.3) is 0 Å². The molecule has 0 aliphatic heterocycles. The van der Waals surface area contributed by atoms with E-state index in [9.17, 15) is 0 Å². The third-order valence-corrected chi connectivity index (χ3v) is 6.04. The fourth-order valence-electron chi connectivity index (χ4n) is 2.42. The molecule has 1 saturated carbocycles. The lowest BCUT2D eigenvalue weighted by molar-refractivity contribution is 0.248. The minimum atomic E-state index is -1.36. The van der Waals surface area contributed by atoms with Crippen LogP contribution >= 0.6 is 0 Å². The minimum absolute atomic E-state index is 0.722. The van der Waals surface area contributed by atoms with Gasteiger partial charge in [-0.25, -0.2) is 0 Å². The molecule has 2 atom stereocenters. The van der Waals surface area contributed by atoms with Crippen LogP contribution in [0.4, 0.5) is 0 Å². The predicted molar refractivity (Wildman–Crippen MR) is 52.5 cm³/mol. The van der Waals surface area contributed by atoms with E-state index in [2.05, 4.69) is 13.8 Å². The van der Waals surface area contributed by atoms with Crippen molar-refractivity contribution in [1.29, 1.82) is 0 Å². The van der Waals surface area contributed by atoms with Crippen molar-refractivity contribution < 1.29 is 8.85 Å². The molecule has 0 saturated heterocycles. The van der Waals surface area contributed by atoms with E-state index < -0.39 is 9.28 Å². The number of rotatable bonds is 3. The van der Waals surface area contributed by atoms with Gasteiger partial charge in [0.05, 0.1) is 0 Å². The van der Waals surface area contributed by atoms with Crippen molar-refractivity contribution in [2.75, 3.05) is 14.2 Å². The van der Waals surface area contributed by atoms with Crippen molar-refractivity contribution in [2.24, 2.45) is 11.8 Å². The average Bonchev–Trinajstić information content (AvgIpc) is 2.38. The average molecular weight is 188 g/mol. The van der Waals surface area contributed by atoms with Gasteiger partial charge in [-0.2, -0.15) is 0 Å². The Morgan fingerprint density at radius 3 is 1.75 bits per heavy atom. The lowest BCUT2D eigenvalue weighted by Crippen LogP contribution is -2.30. The molecule has 0 radical (unpaired) electrons. The third kappa shape index (κ3) is 1.89. The van der Waals surface area contributed by atoms with Crippen LogP contribution in [0.15, 0.2) is 0 Å². The quantitative estimate of drug-likeness (QED) is 0.630. The molecule has 1 aliphatic rings. The molecule has 2 nitrogen and oxygen atoms in total. The highest BCUT2D eigenvalue weighted by Gasteiger charge is 2.38. The second-order valence-corrected chi connectivity index (χ2v) is 6.40. The van der Waals surface area contributed by atoms with Gasteiger partial charge in [0.25, 0.3) is 0 Å². The maximum Gasteiger partial charge on any atom is 0.324 e. The van der Waals surface area contributed by atoms with E-state index >= 15 is 0 Å². The molecule has 0 bridgehead atoms. The van der Waals surface area contributed by atoms with Crippen LogP contribution < -0.4 is 0 Å². The molecular weight excluding hydrogens is 168 g/mol. The minimum Gasteiger partial charge on any atom is -0.400 e. The van der Waals surface area contributed by atoms with E-state index in [1.54, 1.807) is 14.2 Å². The van der Waals surface area contributed by atoms with Crippen molar-refractivity contribution in [3.05, 3.63) is 0 Å². The summed E-state index contributed by atoms with van der Waals surface area (Å²) in [6, 6.07) is 0. The van der Waals surface area contributed by atoms with Crippen LogP contribution in [-0.4, -0.2) is 23.5 Å². The highest BCUT2D eigenvalue weighted by atomic mass is 28.3. The Hall–Kier alpha value is 0.137. The Kier molecular flexibility index (Phi) is 3.74. The number of hydrogen-bond donors (Lipinski definition) is 0. The molecule has 1 aliphatic carbocycles. The van der Waals surface area contributed by atoms with Gasteiger partial charge >= 0.3 is 9.28 Å². The molecule has 3 heteroatoms. The first kappa shape index (κ1) is 10.2. The second kappa shape index (κ2) is 4.39. The van der Waals surface area contributed by atoms with Crippen LogP contribution in [-0.2, 0) is 8.85 Å². The summed E-state index contributed by atoms with van der Waals surface area (Å²) in [5.74, 6) is 1.60. The summed E-state index contributed by atoms with van der Waals surface area (Å²) in [7, 11) is 2.22. The lowest BCUT2D eigenvalue weighted by atomic mass is 10.1. The molecule has 0 amide bonds. The first-order chi connectivity index (χ1) is 5.70. The third-order valence-electron chi connectivity index (χ3n) is 3.17. The van der Waals surface area contributed by atoms with Crippen molar-refractivity contribution in [2.45, 2.75) is 32.2 Å². The van der Waals surface area contributed by atoms with Crippen LogP contribution in [0.2, 0.25) is 5.54 Å². The fraction of sp³-hybridized carbons (Fsp3) is 1.00. The maximum atomic E-state index is 5.44. The van der Waals surface area contributed by atoms with Crippen LogP contribution in [0.3, 0.4) is 0 Å². The van der Waals surface area contributed by atoms with Crippen LogP contribution in [0.5, 0.6) is 0 Å². The summed E-state index contributed by atoms with van der Waals surface area (Å²) >= 11 is 0. The first-order valence-corrected chi connectivity index (χ1v) is 6.37. The van der Waals surface area contributed by atoms with Gasteiger partial charge in [-0.1, -0.05) is 26.7 Å². The van der Waals surface area contributed by atoms with Gasteiger partial charge in [0, 0.05) is 19.8 Å². The van der Waals surface area contributed by atoms with Gasteiger partial charge in [0.15, 0.2) is 0 Å². The maximum absolute atomic E-state index is 5.44. The summed E-state index contributed by atoms with van der Waals surface area (Å²) in [6.45, 7) is 4.65. The zero-order chi connectivity index (χ0) is 9.14. The zero-order valence-electron chi connectivity index (χ0n) is 8.54. The molecule has 0 aromatic carbocycles. The highest BCUT2D eigenvalue weighted by Crippen LogP contribution is 2.43. The van der Waals surface area contributed by atoms with E-state index in [4.69, 9.17) is 8.85 Å². The monoisotopic (exact) mass is 188 g/mol. The van der Waals surface area contributed by atoms with Gasteiger partial charge in [-0.15, -0.1) is 0 Å². The van der Waals surface area contributed by atoms with Crippen molar-refractivity contribution in [1.82, 2.24) is 0 Å². The molecule has 1 rings (SSSR count). The SMILES string of the molecule is CO[SiH](OC)C1C(C)CCC1C. The second-order valence-electron chi connectivity index (χ2n) is 3.95. The summed E-state index contributed by atoms with van der Waals surface area (Å²) < 4.78 is 10.9. The standard InChI is InChI=1S/C9H20O2Si/c1-7-5-6-8(2)9(7)12(10-3)11-4/h7-9,12H,5-6H2,1-4H3. The molecule has 12 heavy (non-hydrogen) atoms. The molecule has 72 valence electrons. The molecular formula is C9H20O2Si. The Balaban J connectivity index is 2.57. The van der Waals surface area contributed by atoms with Gasteiger partial charge in [-0.3, -0.25) is 0 Å². The summed E-state index contributed by atoms with van der Waals surface area (Å²) in [5, 5.41) is 0. The van der Waals surface area contributed by atoms with Crippen LogP contribution in [0, 0.1) is 11.8 Å². The van der Waals surface area contributed by atoms with Crippen LogP contribution in [0.1, 0.15) is 26.7 Å². The fourth-order valence-corrected chi connectivity index (χ4v) is 4.70. The molecule has 0 aromatic rings. The van der Waals surface area contributed by atoms with Gasteiger partial charge in [0.1, 0.15) is 0 Å². The smallest absolute Gasteiger partial charge is 0.324 e. The Labute approximate surface area is 77.1 Å². The number of hydrogen-bond acceptors (Lipinski definition) is 2. The van der Waals surface area contributed by atoms with E-state index in [0.29, 0.717) is 0 Å². The van der Waals surface area contributed by atoms with Crippen molar-refractivity contribution in [3.63, 3.8) is 0 Å². The molecule has 1 fully saturated rings.